The Morgan fingerprint density at radius 1 is 1.23 bits per heavy atom. The van der Waals surface area contributed by atoms with E-state index in [1.54, 1.807) is 6.07 Å². The molecule has 1 aromatic carbocycles. The van der Waals surface area contributed by atoms with E-state index >= 15 is 0 Å². The molecule has 0 unspecified atom stereocenters. The molecule has 112 valence electrons. The molecule has 4 nitrogen and oxygen atoms in total. The average molecular weight is 332 g/mol. The second-order valence-corrected chi connectivity index (χ2v) is 6.25. The van der Waals surface area contributed by atoms with E-state index in [1.807, 2.05) is 55.1 Å². The van der Waals surface area contributed by atoms with Crippen LogP contribution >= 0.6 is 22.9 Å². The average Bonchev–Trinajstić information content (AvgIpc) is 3.13. The van der Waals surface area contributed by atoms with Gasteiger partial charge >= 0.3 is 0 Å². The van der Waals surface area contributed by atoms with Gasteiger partial charge in [-0.25, -0.2) is 4.98 Å². The Morgan fingerprint density at radius 3 is 2.68 bits per heavy atom. The third-order valence-electron chi connectivity index (χ3n) is 3.33. The van der Waals surface area contributed by atoms with Crippen LogP contribution in [0.15, 0.2) is 42.7 Å². The van der Waals surface area contributed by atoms with Crippen molar-refractivity contribution in [3.63, 3.8) is 0 Å². The molecule has 3 rings (SSSR count). The number of carbonyl (C=O) groups is 1. The molecule has 0 atom stereocenters. The molecule has 0 aliphatic rings. The molecule has 0 fully saturated rings. The highest BCUT2D eigenvalue weighted by Crippen LogP contribution is 2.26. The molecule has 0 aliphatic carbocycles. The van der Waals surface area contributed by atoms with Crippen molar-refractivity contribution in [3.05, 3.63) is 63.9 Å². The number of benzene rings is 1. The Bertz CT molecular complexity index is 824. The maximum absolute atomic E-state index is 12.5. The number of rotatable bonds is 3. The second kappa shape index (κ2) is 5.94. The first-order valence-electron chi connectivity index (χ1n) is 6.73. The first-order chi connectivity index (χ1) is 10.6. The largest absolute Gasteiger partial charge is 0.321 e. The Labute approximate surface area is 137 Å². The molecule has 2 heterocycles. The molecule has 0 aliphatic heterocycles. The molecule has 0 spiro atoms. The molecular weight excluding hydrogens is 318 g/mol. The van der Waals surface area contributed by atoms with Crippen LogP contribution in [-0.4, -0.2) is 15.5 Å². The smallest absolute Gasteiger partial charge is 0.267 e. The highest BCUT2D eigenvalue weighted by molar-refractivity contribution is 7.16. The minimum Gasteiger partial charge on any atom is -0.321 e. The molecule has 3 aromatic rings. The molecule has 1 amide bonds. The maximum Gasteiger partial charge on any atom is 0.267 e. The first kappa shape index (κ1) is 14.8. The van der Waals surface area contributed by atoms with E-state index in [0.29, 0.717) is 21.3 Å². The van der Waals surface area contributed by atoms with Crippen molar-refractivity contribution in [1.82, 2.24) is 9.55 Å². The summed E-state index contributed by atoms with van der Waals surface area (Å²) in [5.74, 6) is -0.168. The summed E-state index contributed by atoms with van der Waals surface area (Å²) in [5.41, 5.74) is 2.28. The van der Waals surface area contributed by atoms with E-state index in [1.165, 1.54) is 11.3 Å². The lowest BCUT2D eigenvalue weighted by Crippen LogP contribution is -2.12. The first-order valence-corrected chi connectivity index (χ1v) is 7.93. The van der Waals surface area contributed by atoms with Crippen molar-refractivity contribution in [1.29, 1.82) is 0 Å². The normalized spacial score (nSPS) is 10.7. The minimum absolute atomic E-state index is 0.168. The van der Waals surface area contributed by atoms with Crippen molar-refractivity contribution in [3.8, 4) is 5.13 Å². The fourth-order valence-electron chi connectivity index (χ4n) is 2.09. The second-order valence-electron chi connectivity index (χ2n) is 4.87. The van der Waals surface area contributed by atoms with Crippen LogP contribution in [0, 0.1) is 13.8 Å². The van der Waals surface area contributed by atoms with Crippen molar-refractivity contribution in [2.75, 3.05) is 5.32 Å². The molecule has 22 heavy (non-hydrogen) atoms. The van der Waals surface area contributed by atoms with Gasteiger partial charge in [0.15, 0.2) is 5.13 Å². The van der Waals surface area contributed by atoms with Crippen LogP contribution in [0.3, 0.4) is 0 Å². The lowest BCUT2D eigenvalue weighted by Gasteiger charge is -2.08. The lowest BCUT2D eigenvalue weighted by atomic mass is 10.2. The summed E-state index contributed by atoms with van der Waals surface area (Å²) in [6, 6.07) is 9.30. The molecule has 2 aromatic heterocycles. The monoisotopic (exact) mass is 331 g/mol. The Kier molecular flexibility index (Phi) is 4.00. The van der Waals surface area contributed by atoms with Crippen LogP contribution < -0.4 is 5.32 Å². The number of halogens is 1. The van der Waals surface area contributed by atoms with Gasteiger partial charge < -0.3 is 9.88 Å². The number of nitrogens with one attached hydrogen (secondary N) is 1. The molecular formula is C16H14ClN3OS. The zero-order valence-corrected chi connectivity index (χ0v) is 13.7. The fourth-order valence-corrected chi connectivity index (χ4v) is 3.19. The van der Waals surface area contributed by atoms with E-state index in [-0.39, 0.29) is 5.91 Å². The minimum atomic E-state index is -0.168. The van der Waals surface area contributed by atoms with E-state index in [4.69, 9.17) is 11.6 Å². The number of anilines is 1. The number of amides is 1. The van der Waals surface area contributed by atoms with Crippen LogP contribution in [0.1, 0.15) is 20.9 Å². The summed E-state index contributed by atoms with van der Waals surface area (Å²) >= 11 is 7.44. The van der Waals surface area contributed by atoms with E-state index in [0.717, 1.165) is 10.7 Å². The Balaban J connectivity index is 1.88. The fraction of sp³-hybridized carbons (Fsp3) is 0.125. The summed E-state index contributed by atoms with van der Waals surface area (Å²) in [6.45, 7) is 3.71. The summed E-state index contributed by atoms with van der Waals surface area (Å²) in [4.78, 5) is 17.5. The maximum atomic E-state index is 12.5. The highest BCUT2D eigenvalue weighted by Gasteiger charge is 2.17. The van der Waals surface area contributed by atoms with Gasteiger partial charge in [0.25, 0.3) is 5.91 Å². The topological polar surface area (TPSA) is 46.9 Å². The van der Waals surface area contributed by atoms with Gasteiger partial charge in [-0.05, 0) is 43.7 Å². The van der Waals surface area contributed by atoms with Crippen LogP contribution in [0.4, 0.5) is 5.69 Å². The summed E-state index contributed by atoms with van der Waals surface area (Å²) < 4.78 is 1.89. The third kappa shape index (κ3) is 2.77. The number of hydrogen-bond donors (Lipinski definition) is 1. The lowest BCUT2D eigenvalue weighted by molar-refractivity contribution is 0.102. The predicted molar refractivity (Wildman–Crippen MR) is 90.3 cm³/mol. The van der Waals surface area contributed by atoms with E-state index < -0.39 is 0 Å². The van der Waals surface area contributed by atoms with Gasteiger partial charge in [-0.1, -0.05) is 29.0 Å². The molecule has 0 saturated carbocycles. The quantitative estimate of drug-likeness (QED) is 0.770. The van der Waals surface area contributed by atoms with Crippen LogP contribution in [0.2, 0.25) is 5.02 Å². The van der Waals surface area contributed by atoms with Gasteiger partial charge in [0, 0.05) is 23.1 Å². The van der Waals surface area contributed by atoms with E-state index in [2.05, 4.69) is 10.3 Å². The summed E-state index contributed by atoms with van der Waals surface area (Å²) in [7, 11) is 0. The number of thiazole rings is 1. The van der Waals surface area contributed by atoms with Crippen LogP contribution in [-0.2, 0) is 0 Å². The molecule has 0 saturated heterocycles. The van der Waals surface area contributed by atoms with Crippen molar-refractivity contribution in [2.45, 2.75) is 13.8 Å². The summed E-state index contributed by atoms with van der Waals surface area (Å²) in [5, 5.41) is 4.31. The van der Waals surface area contributed by atoms with Crippen molar-refractivity contribution < 1.29 is 4.79 Å². The van der Waals surface area contributed by atoms with Crippen molar-refractivity contribution in [2.24, 2.45) is 0 Å². The van der Waals surface area contributed by atoms with Gasteiger partial charge in [-0.15, -0.1) is 0 Å². The van der Waals surface area contributed by atoms with Crippen LogP contribution in [0.5, 0.6) is 0 Å². The molecule has 1 N–H and O–H groups in total. The van der Waals surface area contributed by atoms with Gasteiger partial charge in [0.1, 0.15) is 4.88 Å². The number of aromatic nitrogens is 2. The number of carbonyl (C=O) groups excluding carboxylic acids is 1. The van der Waals surface area contributed by atoms with Gasteiger partial charge in [0.2, 0.25) is 0 Å². The predicted octanol–water partition coefficient (Wildman–Crippen LogP) is 4.46. The van der Waals surface area contributed by atoms with Gasteiger partial charge in [0.05, 0.1) is 5.69 Å². The Morgan fingerprint density at radius 2 is 1.95 bits per heavy atom. The highest BCUT2D eigenvalue weighted by atomic mass is 35.5. The number of hydrogen-bond acceptors (Lipinski definition) is 3. The number of nitrogens with zero attached hydrogens (tertiary/aromatic N) is 2. The number of aryl methyl sites for hydroxylation is 1. The molecule has 6 heteroatoms. The van der Waals surface area contributed by atoms with Crippen molar-refractivity contribution >= 4 is 34.5 Å². The SMILES string of the molecule is Cc1nc(-n2cccc2)sc1C(=O)Nc1cccc(Cl)c1C. The zero-order chi connectivity index (χ0) is 15.7. The Hall–Kier alpha value is -2.11. The van der Waals surface area contributed by atoms with Gasteiger partial charge in [-0.3, -0.25) is 4.79 Å². The zero-order valence-electron chi connectivity index (χ0n) is 12.1. The summed E-state index contributed by atoms with van der Waals surface area (Å²) in [6.07, 6.45) is 3.81. The standard InChI is InChI=1S/C16H14ClN3OS/c1-10-12(17)6-5-7-13(10)19-15(21)14-11(2)18-16(22-14)20-8-3-4-9-20/h3-9H,1-2H3,(H,19,21). The van der Waals surface area contributed by atoms with Crippen LogP contribution in [0.25, 0.3) is 5.13 Å². The molecule has 0 bridgehead atoms. The van der Waals surface area contributed by atoms with Gasteiger partial charge in [-0.2, -0.15) is 0 Å². The third-order valence-corrected chi connectivity index (χ3v) is 4.91. The van der Waals surface area contributed by atoms with E-state index in [9.17, 15) is 4.79 Å². The molecule has 0 radical (unpaired) electrons.